The van der Waals surface area contributed by atoms with E-state index in [1.165, 1.54) is 0 Å². The molecule has 0 radical (unpaired) electrons. The summed E-state index contributed by atoms with van der Waals surface area (Å²) in [6, 6.07) is 7.43. The number of rotatable bonds is 4. The summed E-state index contributed by atoms with van der Waals surface area (Å²) in [4.78, 5) is 12.0. The van der Waals surface area contributed by atoms with Crippen LogP contribution in [0, 0.1) is 6.92 Å². The van der Waals surface area contributed by atoms with Gasteiger partial charge in [0.1, 0.15) is 0 Å². The second kappa shape index (κ2) is 5.12. The number of aliphatic hydroxyl groups excluding tert-OH is 1. The first-order valence-electron chi connectivity index (χ1n) is 5.51. The minimum Gasteiger partial charge on any atom is -0.394 e. The first-order valence-corrected chi connectivity index (χ1v) is 5.51. The zero-order chi connectivity index (χ0) is 12.2. The SMILES string of the molecule is CCC(C)(CO)NC(=O)c1ccccc1C. The van der Waals surface area contributed by atoms with Crippen molar-refractivity contribution < 1.29 is 9.90 Å². The van der Waals surface area contributed by atoms with Gasteiger partial charge in [-0.1, -0.05) is 25.1 Å². The molecule has 3 nitrogen and oxygen atoms in total. The quantitative estimate of drug-likeness (QED) is 0.815. The Hall–Kier alpha value is -1.35. The molecule has 1 amide bonds. The van der Waals surface area contributed by atoms with Crippen LogP contribution >= 0.6 is 0 Å². The van der Waals surface area contributed by atoms with Crippen molar-refractivity contribution in [2.45, 2.75) is 32.7 Å². The topological polar surface area (TPSA) is 49.3 Å². The van der Waals surface area contributed by atoms with E-state index in [0.717, 1.165) is 5.56 Å². The Kier molecular flexibility index (Phi) is 4.07. The Bertz CT molecular complexity index is 370. The van der Waals surface area contributed by atoms with Gasteiger partial charge in [0.05, 0.1) is 12.1 Å². The van der Waals surface area contributed by atoms with Gasteiger partial charge in [-0.3, -0.25) is 4.79 Å². The average molecular weight is 221 g/mol. The highest BCUT2D eigenvalue weighted by Gasteiger charge is 2.24. The molecule has 1 aromatic rings. The molecule has 3 heteroatoms. The van der Waals surface area contributed by atoms with Crippen LogP contribution in [0.5, 0.6) is 0 Å². The fourth-order valence-corrected chi connectivity index (χ4v) is 1.41. The van der Waals surface area contributed by atoms with Crippen molar-refractivity contribution in [2.75, 3.05) is 6.61 Å². The van der Waals surface area contributed by atoms with E-state index in [1.54, 1.807) is 6.07 Å². The molecule has 0 bridgehead atoms. The number of aryl methyl sites for hydroxylation is 1. The van der Waals surface area contributed by atoms with Crippen molar-refractivity contribution in [1.29, 1.82) is 0 Å². The molecule has 0 aromatic heterocycles. The van der Waals surface area contributed by atoms with Crippen LogP contribution in [0.3, 0.4) is 0 Å². The van der Waals surface area contributed by atoms with Gasteiger partial charge >= 0.3 is 0 Å². The number of aliphatic hydroxyl groups is 1. The first-order chi connectivity index (χ1) is 7.52. The molecule has 0 aliphatic heterocycles. The van der Waals surface area contributed by atoms with E-state index >= 15 is 0 Å². The summed E-state index contributed by atoms with van der Waals surface area (Å²) in [5.41, 5.74) is 1.06. The van der Waals surface area contributed by atoms with Gasteiger partial charge in [0, 0.05) is 5.56 Å². The zero-order valence-electron chi connectivity index (χ0n) is 10.1. The number of hydrogen-bond donors (Lipinski definition) is 2. The lowest BCUT2D eigenvalue weighted by Crippen LogP contribution is -2.48. The highest BCUT2D eigenvalue weighted by molar-refractivity contribution is 5.96. The predicted molar refractivity (Wildman–Crippen MR) is 64.4 cm³/mol. The van der Waals surface area contributed by atoms with Crippen molar-refractivity contribution >= 4 is 5.91 Å². The fraction of sp³-hybridized carbons (Fsp3) is 0.462. The van der Waals surface area contributed by atoms with Gasteiger partial charge in [-0.2, -0.15) is 0 Å². The molecule has 0 aliphatic rings. The van der Waals surface area contributed by atoms with Crippen LogP contribution in [-0.2, 0) is 0 Å². The van der Waals surface area contributed by atoms with Crippen LogP contribution in [0.25, 0.3) is 0 Å². The average Bonchev–Trinajstić information content (AvgIpc) is 2.29. The molecule has 88 valence electrons. The minimum atomic E-state index is -0.542. The number of amides is 1. The van der Waals surface area contributed by atoms with Crippen molar-refractivity contribution in [2.24, 2.45) is 0 Å². The minimum absolute atomic E-state index is 0.0544. The molecule has 1 atom stereocenters. The van der Waals surface area contributed by atoms with Crippen LogP contribution in [0.4, 0.5) is 0 Å². The normalized spacial score (nSPS) is 14.2. The van der Waals surface area contributed by atoms with Crippen LogP contribution in [0.2, 0.25) is 0 Å². The molecule has 0 spiro atoms. The third kappa shape index (κ3) is 2.83. The second-order valence-electron chi connectivity index (χ2n) is 4.34. The van der Waals surface area contributed by atoms with Crippen molar-refractivity contribution in [3.63, 3.8) is 0 Å². The maximum atomic E-state index is 12.0. The van der Waals surface area contributed by atoms with Crippen LogP contribution in [0.15, 0.2) is 24.3 Å². The Morgan fingerprint density at radius 1 is 1.44 bits per heavy atom. The van der Waals surface area contributed by atoms with E-state index < -0.39 is 5.54 Å². The molecule has 1 rings (SSSR count). The highest BCUT2D eigenvalue weighted by atomic mass is 16.3. The third-order valence-electron chi connectivity index (χ3n) is 2.93. The Morgan fingerprint density at radius 2 is 2.06 bits per heavy atom. The van der Waals surface area contributed by atoms with Gasteiger partial charge in [0.15, 0.2) is 0 Å². The summed E-state index contributed by atoms with van der Waals surface area (Å²) in [5.74, 6) is -0.128. The number of benzene rings is 1. The standard InChI is InChI=1S/C13H19NO2/c1-4-13(3,9-15)14-12(16)11-8-6-5-7-10(11)2/h5-8,15H,4,9H2,1-3H3,(H,14,16). The Balaban J connectivity index is 2.84. The van der Waals surface area contributed by atoms with Gasteiger partial charge in [0.25, 0.3) is 5.91 Å². The van der Waals surface area contributed by atoms with Crippen molar-refractivity contribution in [1.82, 2.24) is 5.32 Å². The summed E-state index contributed by atoms with van der Waals surface area (Å²) < 4.78 is 0. The molecule has 2 N–H and O–H groups in total. The first kappa shape index (κ1) is 12.7. The van der Waals surface area contributed by atoms with E-state index in [1.807, 2.05) is 39.0 Å². The molecule has 16 heavy (non-hydrogen) atoms. The number of nitrogens with one attached hydrogen (secondary N) is 1. The maximum absolute atomic E-state index is 12.0. The van der Waals surface area contributed by atoms with Crippen LogP contribution in [-0.4, -0.2) is 23.2 Å². The van der Waals surface area contributed by atoms with E-state index in [2.05, 4.69) is 5.32 Å². The predicted octanol–water partition coefficient (Wildman–Crippen LogP) is 1.89. The maximum Gasteiger partial charge on any atom is 0.252 e. The highest BCUT2D eigenvalue weighted by Crippen LogP contribution is 2.12. The molecule has 1 aromatic carbocycles. The van der Waals surface area contributed by atoms with Crippen LogP contribution in [0.1, 0.15) is 36.2 Å². The lowest BCUT2D eigenvalue weighted by Gasteiger charge is -2.27. The molecule has 0 heterocycles. The van der Waals surface area contributed by atoms with Gasteiger partial charge < -0.3 is 10.4 Å². The van der Waals surface area contributed by atoms with Gasteiger partial charge in [-0.05, 0) is 31.9 Å². The summed E-state index contributed by atoms with van der Waals surface area (Å²) >= 11 is 0. The van der Waals surface area contributed by atoms with Gasteiger partial charge in [-0.25, -0.2) is 0 Å². The number of carbonyl (C=O) groups excluding carboxylic acids is 1. The summed E-state index contributed by atoms with van der Waals surface area (Å²) in [6.07, 6.45) is 0.696. The monoisotopic (exact) mass is 221 g/mol. The third-order valence-corrected chi connectivity index (χ3v) is 2.93. The van der Waals surface area contributed by atoms with E-state index in [4.69, 9.17) is 0 Å². The Morgan fingerprint density at radius 3 is 2.56 bits per heavy atom. The van der Waals surface area contributed by atoms with Crippen molar-refractivity contribution in [3.05, 3.63) is 35.4 Å². The molecule has 1 unspecified atom stereocenters. The molecular weight excluding hydrogens is 202 g/mol. The molecule has 0 saturated carbocycles. The van der Waals surface area contributed by atoms with E-state index in [-0.39, 0.29) is 12.5 Å². The fourth-order valence-electron chi connectivity index (χ4n) is 1.41. The summed E-state index contributed by atoms with van der Waals surface area (Å²) in [6.45, 7) is 5.62. The largest absolute Gasteiger partial charge is 0.394 e. The van der Waals surface area contributed by atoms with Gasteiger partial charge in [0.2, 0.25) is 0 Å². The lowest BCUT2D eigenvalue weighted by atomic mass is 9.99. The summed E-state index contributed by atoms with van der Waals surface area (Å²) in [7, 11) is 0. The number of carbonyl (C=O) groups is 1. The molecule has 0 saturated heterocycles. The summed E-state index contributed by atoms with van der Waals surface area (Å²) in [5, 5.41) is 12.1. The molecule has 0 fully saturated rings. The van der Waals surface area contributed by atoms with E-state index in [9.17, 15) is 9.90 Å². The van der Waals surface area contributed by atoms with Gasteiger partial charge in [-0.15, -0.1) is 0 Å². The zero-order valence-corrected chi connectivity index (χ0v) is 10.1. The van der Waals surface area contributed by atoms with Crippen LogP contribution < -0.4 is 5.32 Å². The Labute approximate surface area is 96.5 Å². The molecular formula is C13H19NO2. The van der Waals surface area contributed by atoms with Crippen molar-refractivity contribution in [3.8, 4) is 0 Å². The van der Waals surface area contributed by atoms with E-state index in [0.29, 0.717) is 12.0 Å². The molecule has 0 aliphatic carbocycles. The lowest BCUT2D eigenvalue weighted by molar-refractivity contribution is 0.0847. The number of hydrogen-bond acceptors (Lipinski definition) is 2. The smallest absolute Gasteiger partial charge is 0.252 e. The second-order valence-corrected chi connectivity index (χ2v) is 4.34.